The number of hydrogen-bond acceptors (Lipinski definition) is 3. The van der Waals surface area contributed by atoms with Crippen LogP contribution in [0.5, 0.6) is 11.8 Å². The number of nitrogens with zero attached hydrogens (tertiary/aromatic N) is 1. The van der Waals surface area contributed by atoms with E-state index in [9.17, 15) is 4.39 Å². The molecule has 0 atom stereocenters. The molecule has 0 N–H and O–H groups in total. The number of oxazole rings is 1. The normalized spacial score (nSPS) is 10.4. The van der Waals surface area contributed by atoms with Gasteiger partial charge in [-0.3, -0.25) is 0 Å². The maximum Gasteiger partial charge on any atom is 0.399 e. The summed E-state index contributed by atoms with van der Waals surface area (Å²) in [6, 6.07) is 4.86. The van der Waals surface area contributed by atoms with Gasteiger partial charge in [0.2, 0.25) is 0 Å². The first-order valence-corrected chi connectivity index (χ1v) is 5.17. The molecule has 1 heterocycles. The molecular weight excluding hydrogens is 233 g/mol. The molecule has 0 amide bonds. The first kappa shape index (κ1) is 11.0. The first-order valence-electron chi connectivity index (χ1n) is 4.64. The van der Waals surface area contributed by atoms with Crippen LogP contribution >= 0.6 is 11.6 Å². The molecule has 0 fully saturated rings. The Morgan fingerprint density at radius 2 is 2.31 bits per heavy atom. The van der Waals surface area contributed by atoms with E-state index in [2.05, 4.69) is 4.98 Å². The van der Waals surface area contributed by atoms with Gasteiger partial charge in [0.1, 0.15) is 6.26 Å². The van der Waals surface area contributed by atoms with Gasteiger partial charge < -0.3 is 9.15 Å². The number of hydrogen-bond donors (Lipinski definition) is 0. The van der Waals surface area contributed by atoms with Gasteiger partial charge in [0, 0.05) is 0 Å². The van der Waals surface area contributed by atoms with Crippen molar-refractivity contribution < 1.29 is 13.5 Å². The Morgan fingerprint density at radius 3 is 3.00 bits per heavy atom. The number of ether oxygens (including phenoxy) is 1. The van der Waals surface area contributed by atoms with Crippen molar-refractivity contribution in [2.24, 2.45) is 0 Å². The van der Waals surface area contributed by atoms with Crippen molar-refractivity contribution in [1.82, 2.24) is 4.98 Å². The van der Waals surface area contributed by atoms with Crippen LogP contribution < -0.4 is 4.74 Å². The van der Waals surface area contributed by atoms with E-state index in [1.54, 1.807) is 19.1 Å². The van der Waals surface area contributed by atoms with Gasteiger partial charge in [0.25, 0.3) is 0 Å². The lowest BCUT2D eigenvalue weighted by atomic mass is 10.2. The van der Waals surface area contributed by atoms with Crippen molar-refractivity contribution in [3.8, 4) is 11.8 Å². The van der Waals surface area contributed by atoms with E-state index in [-0.39, 0.29) is 17.7 Å². The fourth-order valence-corrected chi connectivity index (χ4v) is 1.31. The molecule has 0 unspecified atom stereocenters. The number of halogens is 2. The van der Waals surface area contributed by atoms with Crippen LogP contribution in [-0.2, 0) is 5.88 Å². The second-order valence-electron chi connectivity index (χ2n) is 3.23. The van der Waals surface area contributed by atoms with E-state index in [1.807, 2.05) is 0 Å². The van der Waals surface area contributed by atoms with E-state index >= 15 is 0 Å². The molecule has 0 aliphatic heterocycles. The monoisotopic (exact) mass is 241 g/mol. The van der Waals surface area contributed by atoms with Crippen LogP contribution in [0.3, 0.4) is 0 Å². The summed E-state index contributed by atoms with van der Waals surface area (Å²) in [6.07, 6.45) is 1.36. The molecule has 3 nitrogen and oxygen atoms in total. The van der Waals surface area contributed by atoms with Crippen LogP contribution in [0.15, 0.2) is 28.9 Å². The highest BCUT2D eigenvalue weighted by Crippen LogP contribution is 2.25. The van der Waals surface area contributed by atoms with Crippen LogP contribution in [-0.4, -0.2) is 4.98 Å². The molecule has 5 heteroatoms. The molecule has 2 aromatic rings. The zero-order chi connectivity index (χ0) is 11.5. The maximum atomic E-state index is 13.6. The summed E-state index contributed by atoms with van der Waals surface area (Å²) in [4.78, 5) is 3.91. The Balaban J connectivity index is 2.23. The lowest BCUT2D eigenvalue weighted by molar-refractivity contribution is 0.317. The summed E-state index contributed by atoms with van der Waals surface area (Å²) in [6.45, 7) is 1.65. The number of rotatable bonds is 3. The van der Waals surface area contributed by atoms with Crippen molar-refractivity contribution in [1.29, 1.82) is 0 Å². The van der Waals surface area contributed by atoms with Crippen LogP contribution in [0.4, 0.5) is 4.39 Å². The third-order valence-electron chi connectivity index (χ3n) is 2.02. The Hall–Kier alpha value is -1.55. The second kappa shape index (κ2) is 4.53. The second-order valence-corrected chi connectivity index (χ2v) is 3.49. The van der Waals surface area contributed by atoms with Crippen molar-refractivity contribution in [3.63, 3.8) is 0 Å². The van der Waals surface area contributed by atoms with Crippen molar-refractivity contribution >= 4 is 11.6 Å². The van der Waals surface area contributed by atoms with E-state index in [4.69, 9.17) is 20.8 Å². The zero-order valence-electron chi connectivity index (χ0n) is 8.54. The smallest absolute Gasteiger partial charge is 0.399 e. The number of alkyl halides is 1. The molecule has 0 saturated heterocycles. The predicted octanol–water partition coefficient (Wildman–Crippen LogP) is 3.65. The minimum atomic E-state index is -0.423. The summed E-state index contributed by atoms with van der Waals surface area (Å²) in [5, 5.41) is 0. The highest BCUT2D eigenvalue weighted by Gasteiger charge is 2.10. The lowest BCUT2D eigenvalue weighted by Gasteiger charge is -2.03. The minimum Gasteiger partial charge on any atom is -0.417 e. The summed E-state index contributed by atoms with van der Waals surface area (Å²) in [5.41, 5.74) is 1.05. The molecule has 0 aliphatic carbocycles. The van der Waals surface area contributed by atoms with Gasteiger partial charge in [-0.2, -0.15) is 4.98 Å². The molecule has 0 saturated carbocycles. The summed E-state index contributed by atoms with van der Waals surface area (Å²) < 4.78 is 23.7. The summed E-state index contributed by atoms with van der Waals surface area (Å²) >= 11 is 5.55. The van der Waals surface area contributed by atoms with Gasteiger partial charge in [0.05, 0.1) is 11.6 Å². The van der Waals surface area contributed by atoms with Crippen LogP contribution in [0.2, 0.25) is 0 Å². The predicted molar refractivity (Wildman–Crippen MR) is 57.3 cm³/mol. The Kier molecular flexibility index (Phi) is 3.10. The SMILES string of the molecule is Cc1cccc(Oc2nc(CCl)co2)c1F. The largest absolute Gasteiger partial charge is 0.417 e. The minimum absolute atomic E-state index is 0.0137. The van der Waals surface area contributed by atoms with Gasteiger partial charge in [-0.05, 0) is 18.6 Å². The molecular formula is C11H9ClFNO2. The average Bonchev–Trinajstić information content (AvgIpc) is 2.73. The first-order chi connectivity index (χ1) is 7.70. The van der Waals surface area contributed by atoms with Gasteiger partial charge in [-0.1, -0.05) is 12.1 Å². The maximum absolute atomic E-state index is 13.6. The molecule has 0 radical (unpaired) electrons. The van der Waals surface area contributed by atoms with Gasteiger partial charge >= 0.3 is 6.08 Å². The van der Waals surface area contributed by atoms with E-state index in [0.717, 1.165) is 0 Å². The average molecular weight is 242 g/mol. The molecule has 1 aromatic carbocycles. The summed E-state index contributed by atoms with van der Waals surface area (Å²) in [7, 11) is 0. The molecule has 0 bridgehead atoms. The Bertz CT molecular complexity index is 498. The van der Waals surface area contributed by atoms with Gasteiger partial charge in [0.15, 0.2) is 11.6 Å². The molecule has 84 valence electrons. The molecule has 1 aromatic heterocycles. The lowest BCUT2D eigenvalue weighted by Crippen LogP contribution is -1.91. The van der Waals surface area contributed by atoms with Gasteiger partial charge in [-0.15, -0.1) is 11.6 Å². The Labute approximate surface area is 96.8 Å². The third kappa shape index (κ3) is 2.17. The highest BCUT2D eigenvalue weighted by atomic mass is 35.5. The molecule has 0 aliphatic rings. The molecule has 2 rings (SSSR count). The number of aryl methyl sites for hydroxylation is 1. The van der Waals surface area contributed by atoms with Gasteiger partial charge in [-0.25, -0.2) is 4.39 Å². The van der Waals surface area contributed by atoms with Crippen LogP contribution in [0.25, 0.3) is 0 Å². The fraction of sp³-hybridized carbons (Fsp3) is 0.182. The quantitative estimate of drug-likeness (QED) is 0.770. The number of aromatic nitrogens is 1. The number of benzene rings is 1. The van der Waals surface area contributed by atoms with E-state index in [1.165, 1.54) is 12.3 Å². The topological polar surface area (TPSA) is 35.3 Å². The van der Waals surface area contributed by atoms with E-state index in [0.29, 0.717) is 11.3 Å². The van der Waals surface area contributed by atoms with Crippen molar-refractivity contribution in [3.05, 3.63) is 41.5 Å². The Morgan fingerprint density at radius 1 is 1.50 bits per heavy atom. The van der Waals surface area contributed by atoms with Crippen molar-refractivity contribution in [2.45, 2.75) is 12.8 Å². The highest BCUT2D eigenvalue weighted by molar-refractivity contribution is 6.16. The molecule has 0 spiro atoms. The standard InChI is InChI=1S/C11H9ClFNO2/c1-7-3-2-4-9(10(7)13)16-11-14-8(5-12)6-15-11/h2-4,6H,5H2,1H3. The van der Waals surface area contributed by atoms with Crippen LogP contribution in [0.1, 0.15) is 11.3 Å². The summed E-state index contributed by atoms with van der Waals surface area (Å²) in [5.74, 6) is -0.112. The fourth-order valence-electron chi connectivity index (χ4n) is 1.19. The van der Waals surface area contributed by atoms with Crippen molar-refractivity contribution in [2.75, 3.05) is 0 Å². The zero-order valence-corrected chi connectivity index (χ0v) is 9.29. The molecule has 16 heavy (non-hydrogen) atoms. The van der Waals surface area contributed by atoms with E-state index < -0.39 is 5.82 Å². The van der Waals surface area contributed by atoms with Crippen LogP contribution in [0, 0.1) is 12.7 Å². The third-order valence-corrected chi connectivity index (χ3v) is 2.30.